The van der Waals surface area contributed by atoms with Crippen LogP contribution >= 0.6 is 11.3 Å². The fourth-order valence-electron chi connectivity index (χ4n) is 5.92. The van der Waals surface area contributed by atoms with E-state index in [0.717, 1.165) is 37.0 Å². The van der Waals surface area contributed by atoms with E-state index in [-0.39, 0.29) is 11.8 Å². The Hall–Kier alpha value is -2.21. The van der Waals surface area contributed by atoms with Gasteiger partial charge in [-0.2, -0.15) is 0 Å². The Morgan fingerprint density at radius 1 is 1.25 bits per heavy atom. The van der Waals surface area contributed by atoms with Crippen molar-refractivity contribution in [3.63, 3.8) is 0 Å². The molecule has 2 aliphatic carbocycles. The molecule has 4 rings (SSSR count). The molecule has 0 spiro atoms. The molecule has 0 aliphatic heterocycles. The van der Waals surface area contributed by atoms with Crippen molar-refractivity contribution < 1.29 is 14.7 Å². The third-order valence-corrected chi connectivity index (χ3v) is 8.21. The number of aryl methyl sites for hydroxylation is 2. The van der Waals surface area contributed by atoms with Gasteiger partial charge in [0, 0.05) is 30.3 Å². The highest BCUT2D eigenvalue weighted by Gasteiger charge is 2.42. The molecule has 0 saturated heterocycles. The van der Waals surface area contributed by atoms with Crippen molar-refractivity contribution in [3.05, 3.63) is 40.4 Å². The average Bonchev–Trinajstić information content (AvgIpc) is 3.34. The molecule has 1 heterocycles. The highest BCUT2D eigenvalue weighted by Crippen LogP contribution is 2.50. The molecule has 6 heteroatoms. The molecule has 32 heavy (non-hydrogen) atoms. The second-order valence-corrected chi connectivity index (χ2v) is 10.8. The monoisotopic (exact) mass is 454 g/mol. The Labute approximate surface area is 194 Å². The Bertz CT molecular complexity index is 970. The molecule has 172 valence electrons. The van der Waals surface area contributed by atoms with Crippen LogP contribution in [0.4, 0.5) is 5.13 Å². The number of aromatic nitrogens is 1. The van der Waals surface area contributed by atoms with Gasteiger partial charge in [0.15, 0.2) is 5.13 Å². The zero-order valence-electron chi connectivity index (χ0n) is 19.1. The van der Waals surface area contributed by atoms with Gasteiger partial charge in [0.25, 0.3) is 0 Å². The van der Waals surface area contributed by atoms with Crippen LogP contribution < -0.4 is 5.32 Å². The third-order valence-electron chi connectivity index (χ3n) is 7.38. The fourth-order valence-corrected chi connectivity index (χ4v) is 6.60. The van der Waals surface area contributed by atoms with Crippen LogP contribution in [0.2, 0.25) is 0 Å². The number of nitrogens with zero attached hydrogens (tertiary/aromatic N) is 1. The summed E-state index contributed by atoms with van der Waals surface area (Å²) in [6.07, 6.45) is 9.68. The zero-order chi connectivity index (χ0) is 22.7. The molecule has 2 aliphatic rings. The van der Waals surface area contributed by atoms with Crippen molar-refractivity contribution in [2.24, 2.45) is 17.8 Å². The summed E-state index contributed by atoms with van der Waals surface area (Å²) in [4.78, 5) is 30.3. The van der Waals surface area contributed by atoms with Gasteiger partial charge in [-0.1, -0.05) is 25.8 Å². The number of rotatable bonds is 8. The van der Waals surface area contributed by atoms with Crippen molar-refractivity contribution in [3.8, 4) is 5.75 Å². The van der Waals surface area contributed by atoms with Crippen LogP contribution in [0.3, 0.4) is 0 Å². The number of phenolic OH excluding ortho intramolecular Hbond substituents is 1. The minimum Gasteiger partial charge on any atom is -0.508 e. The van der Waals surface area contributed by atoms with Gasteiger partial charge in [0.05, 0.1) is 0 Å². The molecule has 3 unspecified atom stereocenters. The first-order valence-corrected chi connectivity index (χ1v) is 12.8. The second-order valence-electron chi connectivity index (χ2n) is 9.57. The number of hydrogen-bond donors (Lipinski definition) is 2. The molecule has 0 radical (unpaired) electrons. The van der Waals surface area contributed by atoms with Crippen LogP contribution in [-0.2, 0) is 16.0 Å². The summed E-state index contributed by atoms with van der Waals surface area (Å²) in [7, 11) is 0. The molecule has 0 bridgehead atoms. The minimum atomic E-state index is -0.00977. The van der Waals surface area contributed by atoms with Gasteiger partial charge in [-0.3, -0.25) is 9.59 Å². The molecule has 2 N–H and O–H groups in total. The quantitative estimate of drug-likeness (QED) is 0.512. The van der Waals surface area contributed by atoms with Crippen LogP contribution in [0.1, 0.15) is 80.2 Å². The summed E-state index contributed by atoms with van der Waals surface area (Å²) < 4.78 is 0. The van der Waals surface area contributed by atoms with Crippen LogP contribution in [0.15, 0.2) is 24.4 Å². The Kier molecular flexibility index (Phi) is 7.29. The van der Waals surface area contributed by atoms with Crippen molar-refractivity contribution in [2.75, 3.05) is 5.32 Å². The van der Waals surface area contributed by atoms with E-state index in [4.69, 9.17) is 0 Å². The molecule has 1 fully saturated rings. The maximum atomic E-state index is 12.5. The van der Waals surface area contributed by atoms with E-state index in [1.807, 2.05) is 19.1 Å². The molecule has 1 amide bonds. The number of Topliss-reactive ketones (excluding diaryl/α,β-unsaturated/α-hetero) is 1. The van der Waals surface area contributed by atoms with Gasteiger partial charge in [-0.15, -0.1) is 11.3 Å². The lowest BCUT2D eigenvalue weighted by Crippen LogP contribution is -2.30. The average molecular weight is 455 g/mol. The van der Waals surface area contributed by atoms with Crippen molar-refractivity contribution in [2.45, 2.75) is 77.6 Å². The summed E-state index contributed by atoms with van der Waals surface area (Å²) in [6, 6.07) is 5.83. The number of unbranched alkanes of at least 4 members (excludes halogenated alkanes) is 1. The largest absolute Gasteiger partial charge is 0.508 e. The lowest BCUT2D eigenvalue weighted by atomic mass is 9.65. The molecule has 1 saturated carbocycles. The van der Waals surface area contributed by atoms with Crippen LogP contribution in [0.25, 0.3) is 0 Å². The molecule has 4 atom stereocenters. The summed E-state index contributed by atoms with van der Waals surface area (Å²) in [5.74, 6) is 2.21. The standard InChI is InChI=1S/C26H34N2O3S/c1-3-4-5-22-21-10-8-19(29)12-17(21)6-9-23(22)24-14-20(30)13-18(24)7-11-25(31)28-26-27-15-16(2)32-26/h8,10,12,15,18,22-24,29H,3-7,9,11,13-14H2,1-2H3,(H,27,28,31)/t18-,22?,23?,24?/m1/s1. The number of hydrogen-bond acceptors (Lipinski definition) is 5. The lowest BCUT2D eigenvalue weighted by molar-refractivity contribution is -0.118. The first-order chi connectivity index (χ1) is 15.4. The third kappa shape index (κ3) is 5.22. The summed E-state index contributed by atoms with van der Waals surface area (Å²) in [6.45, 7) is 4.20. The zero-order valence-corrected chi connectivity index (χ0v) is 19.9. The van der Waals surface area contributed by atoms with Gasteiger partial charge in [-0.25, -0.2) is 4.98 Å². The van der Waals surface area contributed by atoms with Crippen LogP contribution in [-0.4, -0.2) is 21.8 Å². The number of amides is 1. The maximum Gasteiger partial charge on any atom is 0.226 e. The van der Waals surface area contributed by atoms with Crippen LogP contribution in [0, 0.1) is 24.7 Å². The molecule has 5 nitrogen and oxygen atoms in total. The van der Waals surface area contributed by atoms with E-state index in [9.17, 15) is 14.7 Å². The summed E-state index contributed by atoms with van der Waals surface area (Å²) in [5.41, 5.74) is 2.63. The molecular weight excluding hydrogens is 420 g/mol. The predicted octanol–water partition coefficient (Wildman–Crippen LogP) is 6.01. The number of fused-ring (bicyclic) bond motifs is 1. The van der Waals surface area contributed by atoms with Gasteiger partial charge < -0.3 is 10.4 Å². The fraction of sp³-hybridized carbons (Fsp3) is 0.577. The highest BCUT2D eigenvalue weighted by atomic mass is 32.1. The van der Waals surface area contributed by atoms with E-state index in [1.165, 1.54) is 28.9 Å². The number of carbonyl (C=O) groups excluding carboxylic acids is 2. The Balaban J connectivity index is 1.46. The number of carbonyl (C=O) groups is 2. The summed E-state index contributed by atoms with van der Waals surface area (Å²) >= 11 is 1.49. The van der Waals surface area contributed by atoms with E-state index >= 15 is 0 Å². The van der Waals surface area contributed by atoms with Crippen molar-refractivity contribution >= 4 is 28.2 Å². The molecule has 1 aromatic heterocycles. The minimum absolute atomic E-state index is 0.00977. The number of aromatic hydroxyl groups is 1. The van der Waals surface area contributed by atoms with Crippen molar-refractivity contribution in [1.82, 2.24) is 4.98 Å². The lowest BCUT2D eigenvalue weighted by Gasteiger charge is -2.39. The summed E-state index contributed by atoms with van der Waals surface area (Å²) in [5, 5.41) is 13.5. The second kappa shape index (κ2) is 10.2. The maximum absolute atomic E-state index is 12.5. The first-order valence-electron chi connectivity index (χ1n) is 12.0. The van der Waals surface area contributed by atoms with Crippen molar-refractivity contribution in [1.29, 1.82) is 0 Å². The number of ketones is 1. The number of benzene rings is 1. The van der Waals surface area contributed by atoms with E-state index in [0.29, 0.717) is 53.7 Å². The van der Waals surface area contributed by atoms with Gasteiger partial charge in [0.2, 0.25) is 5.91 Å². The molecular formula is C26H34N2O3S. The van der Waals surface area contributed by atoms with Gasteiger partial charge in [-0.05, 0) is 79.5 Å². The highest BCUT2D eigenvalue weighted by molar-refractivity contribution is 7.15. The van der Waals surface area contributed by atoms with E-state index in [2.05, 4.69) is 23.3 Å². The first kappa shape index (κ1) is 23.0. The number of nitrogens with one attached hydrogen (secondary N) is 1. The molecule has 2 aromatic rings. The Morgan fingerprint density at radius 3 is 2.84 bits per heavy atom. The van der Waals surface area contributed by atoms with Gasteiger partial charge in [0.1, 0.15) is 11.5 Å². The normalized spacial score (nSPS) is 25.0. The van der Waals surface area contributed by atoms with E-state index in [1.54, 1.807) is 6.20 Å². The number of phenols is 1. The molecule has 1 aromatic carbocycles. The SMILES string of the molecule is CCCCC1c2ccc(O)cc2CCC1C1CC(=O)C[C@H]1CCC(=O)Nc1ncc(C)s1. The van der Waals surface area contributed by atoms with E-state index < -0.39 is 0 Å². The number of anilines is 1. The van der Waals surface area contributed by atoms with Gasteiger partial charge >= 0.3 is 0 Å². The Morgan fingerprint density at radius 2 is 2.09 bits per heavy atom. The smallest absolute Gasteiger partial charge is 0.226 e. The predicted molar refractivity (Wildman–Crippen MR) is 128 cm³/mol. The topological polar surface area (TPSA) is 79.3 Å². The number of thiazole rings is 1. The van der Waals surface area contributed by atoms with Crippen LogP contribution in [0.5, 0.6) is 5.75 Å².